The molecule has 0 radical (unpaired) electrons. The number of rotatable bonds is 30. The average Bonchev–Trinajstić information content (AvgIpc) is 3.05. The number of allylic oxidation sites excluding steroid dienone is 4. The minimum Gasteiger partial charge on any atom is -0.550 e. The van der Waals surface area contributed by atoms with Crippen LogP contribution in [0.25, 0.3) is 0 Å². The third-order valence-electron chi connectivity index (χ3n) is 8.00. The molecular weight excluding hydrogens is 633 g/mol. The van der Waals surface area contributed by atoms with Gasteiger partial charge in [-0.25, -0.2) is 4.79 Å². The van der Waals surface area contributed by atoms with Gasteiger partial charge in [0, 0.05) is 11.9 Å². The molecule has 1 rings (SSSR count). The van der Waals surface area contributed by atoms with E-state index in [1.165, 1.54) is 128 Å². The fourth-order valence-electron chi connectivity index (χ4n) is 5.09. The van der Waals surface area contributed by atoms with E-state index in [1.54, 1.807) is 0 Å². The Bertz CT molecular complexity index is 681. The molecule has 8 heteroatoms. The van der Waals surface area contributed by atoms with Gasteiger partial charge in [0.05, 0.1) is 6.61 Å². The summed E-state index contributed by atoms with van der Waals surface area (Å²) in [6.45, 7) is 5.60. The molecule has 1 fully saturated rings. The number of unbranched alkanes of at least 4 members (excludes halogenated alkanes) is 22. The van der Waals surface area contributed by atoms with Crippen molar-refractivity contribution in [3.05, 3.63) is 24.3 Å². The summed E-state index contributed by atoms with van der Waals surface area (Å²) in [6.07, 6.45) is 41.8. The summed E-state index contributed by atoms with van der Waals surface area (Å²) in [5.74, 6) is -2.09. The topological polar surface area (TPSA) is 116 Å². The average molecular weight is 705 g/mol. The van der Waals surface area contributed by atoms with Crippen LogP contribution in [0.15, 0.2) is 24.3 Å². The number of hydrogen-bond acceptors (Lipinski definition) is 7. The molecule has 0 aromatic rings. The number of aliphatic carboxylic acids is 2. The van der Waals surface area contributed by atoms with E-state index in [4.69, 9.17) is 4.74 Å². The van der Waals surface area contributed by atoms with Crippen LogP contribution in [-0.4, -0.2) is 75.5 Å². The van der Waals surface area contributed by atoms with Crippen LogP contribution in [0.4, 0.5) is 0 Å². The van der Waals surface area contributed by atoms with E-state index in [9.17, 15) is 24.6 Å². The van der Waals surface area contributed by atoms with Gasteiger partial charge in [-0.1, -0.05) is 141 Å². The van der Waals surface area contributed by atoms with E-state index >= 15 is 0 Å². The summed E-state index contributed by atoms with van der Waals surface area (Å²) < 4.78 is 9.22. The van der Waals surface area contributed by atoms with Gasteiger partial charge in [0.15, 0.2) is 0 Å². The minimum atomic E-state index is -0.914. The summed E-state index contributed by atoms with van der Waals surface area (Å²) in [7, 11) is 0. The second kappa shape index (κ2) is 46.1. The zero-order valence-electron chi connectivity index (χ0n) is 31.3. The molecule has 0 spiro atoms. The summed E-state index contributed by atoms with van der Waals surface area (Å²) in [5.41, 5.74) is 0. The molecule has 0 atom stereocenters. The number of carbonyl (C=O) groups excluding carboxylic acids is 3. The van der Waals surface area contributed by atoms with Gasteiger partial charge in [-0.2, -0.15) is 0 Å². The zero-order chi connectivity index (χ0) is 34.9. The van der Waals surface area contributed by atoms with Crippen LogP contribution >= 0.6 is 0 Å². The van der Waals surface area contributed by atoms with Gasteiger partial charge in [0.2, 0.25) is 0 Å². The van der Waals surface area contributed by atoms with Crippen molar-refractivity contribution in [1.82, 2.24) is 0 Å². The second-order valence-corrected chi connectivity index (χ2v) is 12.7. The van der Waals surface area contributed by atoms with Crippen LogP contribution in [0.2, 0.25) is 0 Å². The predicted octanol–water partition coefficient (Wildman–Crippen LogP) is 8.73. The molecule has 0 aromatic heterocycles. The van der Waals surface area contributed by atoms with Gasteiger partial charge < -0.3 is 29.3 Å². The Hall–Kier alpha value is -0.890. The minimum absolute atomic E-state index is 0. The molecule has 0 amide bonds. The molecule has 0 bridgehead atoms. The number of hydrogen-bond donors (Lipinski definition) is 0. The van der Waals surface area contributed by atoms with Crippen LogP contribution in [0, 0.1) is 0 Å². The zero-order valence-corrected chi connectivity index (χ0v) is 33.5. The van der Waals surface area contributed by atoms with Crippen molar-refractivity contribution in [3.8, 4) is 0 Å². The maximum absolute atomic E-state index is 10.2. The summed E-state index contributed by atoms with van der Waals surface area (Å²) in [4.78, 5) is 30.5. The molecular formula is C40H72CaO7. The van der Waals surface area contributed by atoms with Crippen molar-refractivity contribution in [1.29, 1.82) is 0 Å². The molecule has 7 nitrogen and oxygen atoms in total. The molecule has 276 valence electrons. The van der Waals surface area contributed by atoms with Crippen LogP contribution in [-0.2, 0) is 23.9 Å². The van der Waals surface area contributed by atoms with Crippen LogP contribution in [0.3, 0.4) is 0 Å². The van der Waals surface area contributed by atoms with Gasteiger partial charge in [0.25, 0.3) is 0 Å². The first-order valence-corrected chi connectivity index (χ1v) is 19.4. The quantitative estimate of drug-likeness (QED) is 0.0318. The van der Waals surface area contributed by atoms with Crippen molar-refractivity contribution in [2.75, 3.05) is 19.8 Å². The van der Waals surface area contributed by atoms with E-state index in [-0.39, 0.29) is 63.2 Å². The smallest absolute Gasteiger partial charge is 0.550 e. The Labute approximate surface area is 325 Å². The Morgan fingerprint density at radius 1 is 0.521 bits per heavy atom. The Kier molecular flexibility index (Phi) is 49.5. The number of carboxylic acid groups (broad SMARTS) is 2. The van der Waals surface area contributed by atoms with E-state index in [2.05, 4.69) is 42.9 Å². The Balaban J connectivity index is -0.000000688. The molecule has 48 heavy (non-hydrogen) atoms. The SMILES string of the molecule is CCCCCCCC/C=C\CCCCCCCC(=O)[O-].CCCCCCCC/C=C\CCCCCCCC(=O)[O-].O=C1COCCO1.[Ca+2]. The van der Waals surface area contributed by atoms with Crippen molar-refractivity contribution in [3.63, 3.8) is 0 Å². The third kappa shape index (κ3) is 51.9. The summed E-state index contributed by atoms with van der Waals surface area (Å²) >= 11 is 0. The van der Waals surface area contributed by atoms with Gasteiger partial charge >= 0.3 is 43.7 Å². The van der Waals surface area contributed by atoms with E-state index in [0.29, 0.717) is 13.2 Å². The van der Waals surface area contributed by atoms with Crippen molar-refractivity contribution in [2.45, 2.75) is 194 Å². The molecule has 0 aliphatic carbocycles. The normalized spacial score (nSPS) is 12.5. The van der Waals surface area contributed by atoms with E-state index < -0.39 is 11.9 Å². The maximum atomic E-state index is 10.2. The van der Waals surface area contributed by atoms with Gasteiger partial charge in [-0.3, -0.25) is 0 Å². The maximum Gasteiger partial charge on any atom is 2.00 e. The third-order valence-corrected chi connectivity index (χ3v) is 8.00. The molecule has 1 aliphatic rings. The van der Waals surface area contributed by atoms with Crippen LogP contribution < -0.4 is 10.2 Å². The number of esters is 1. The molecule has 0 saturated carbocycles. The number of cyclic esters (lactones) is 1. The first kappa shape index (κ1) is 51.5. The predicted molar refractivity (Wildman–Crippen MR) is 196 cm³/mol. The first-order valence-electron chi connectivity index (χ1n) is 19.4. The van der Waals surface area contributed by atoms with Gasteiger partial charge in [-0.05, 0) is 77.0 Å². The summed E-state index contributed by atoms with van der Waals surface area (Å²) in [6, 6.07) is 0. The van der Waals surface area contributed by atoms with E-state index in [1.807, 2.05) is 0 Å². The fraction of sp³-hybridized carbons (Fsp3) is 0.825. The Morgan fingerprint density at radius 2 is 0.833 bits per heavy atom. The first-order chi connectivity index (χ1) is 22.9. The van der Waals surface area contributed by atoms with E-state index in [0.717, 1.165) is 38.5 Å². The summed E-state index contributed by atoms with van der Waals surface area (Å²) in [5, 5.41) is 20.4. The molecule has 0 aromatic carbocycles. The second-order valence-electron chi connectivity index (χ2n) is 12.7. The molecule has 0 unspecified atom stereocenters. The van der Waals surface area contributed by atoms with Crippen molar-refractivity contribution < 1.29 is 34.1 Å². The molecule has 0 N–H and O–H groups in total. The monoisotopic (exact) mass is 704 g/mol. The van der Waals surface area contributed by atoms with Gasteiger partial charge in [0.1, 0.15) is 13.2 Å². The van der Waals surface area contributed by atoms with Crippen molar-refractivity contribution in [2.24, 2.45) is 0 Å². The van der Waals surface area contributed by atoms with Gasteiger partial charge in [-0.15, -0.1) is 0 Å². The molecule has 1 aliphatic heterocycles. The number of carbonyl (C=O) groups is 3. The van der Waals surface area contributed by atoms with Crippen LogP contribution in [0.5, 0.6) is 0 Å². The number of ether oxygens (including phenoxy) is 2. The van der Waals surface area contributed by atoms with Crippen molar-refractivity contribution >= 4 is 55.6 Å². The fourth-order valence-corrected chi connectivity index (χ4v) is 5.09. The molecule has 1 saturated heterocycles. The largest absolute Gasteiger partial charge is 2.00 e. The molecule has 1 heterocycles. The Morgan fingerprint density at radius 3 is 1.08 bits per heavy atom. The standard InChI is InChI=1S/2C18H34O2.C4H6O3.Ca/c2*1-2-3-4-5-6-7-8-9-10-11-12-13-14-15-16-17-18(19)20;5-4-3-6-1-2-7-4;/h2*9-10H,2-8,11-17H2,1H3,(H,19,20);1-3H2;/q;;;+2/p-2/b2*10-9-;;. The van der Waals surface area contributed by atoms with Crippen LogP contribution in [0.1, 0.15) is 194 Å². The number of carboxylic acids is 2.